The SMILES string of the molecule is COc1ccc(C[C@H](NC(=O)C[C@H]2C=CS(=O)(=O)C2)c2ccc(OC)cc2)cc1. The van der Waals surface area contributed by atoms with Crippen LogP contribution in [-0.2, 0) is 21.1 Å². The van der Waals surface area contributed by atoms with E-state index in [1.807, 2.05) is 48.5 Å². The van der Waals surface area contributed by atoms with E-state index < -0.39 is 9.84 Å². The Morgan fingerprint density at radius 3 is 2.14 bits per heavy atom. The minimum atomic E-state index is -3.17. The predicted octanol–water partition coefficient (Wildman–Crippen LogP) is 3.05. The molecule has 7 heteroatoms. The van der Waals surface area contributed by atoms with Gasteiger partial charge in [-0.1, -0.05) is 30.3 Å². The van der Waals surface area contributed by atoms with Crippen LogP contribution in [0.15, 0.2) is 60.0 Å². The van der Waals surface area contributed by atoms with Crippen LogP contribution in [0.1, 0.15) is 23.6 Å². The third-order valence-corrected chi connectivity index (χ3v) is 6.37. The fourth-order valence-electron chi connectivity index (χ4n) is 3.34. The Labute approximate surface area is 171 Å². The van der Waals surface area contributed by atoms with Crippen molar-refractivity contribution in [1.82, 2.24) is 5.32 Å². The Morgan fingerprint density at radius 1 is 1.03 bits per heavy atom. The van der Waals surface area contributed by atoms with Crippen LogP contribution in [0.5, 0.6) is 11.5 Å². The first kappa shape index (κ1) is 20.9. The summed E-state index contributed by atoms with van der Waals surface area (Å²) >= 11 is 0. The lowest BCUT2D eigenvalue weighted by molar-refractivity contribution is -0.122. The number of allylic oxidation sites excluding steroid dienone is 1. The highest BCUT2D eigenvalue weighted by Crippen LogP contribution is 2.24. The van der Waals surface area contributed by atoms with Gasteiger partial charge < -0.3 is 14.8 Å². The van der Waals surface area contributed by atoms with Crippen molar-refractivity contribution in [3.8, 4) is 11.5 Å². The van der Waals surface area contributed by atoms with Crippen molar-refractivity contribution >= 4 is 15.7 Å². The van der Waals surface area contributed by atoms with Gasteiger partial charge in [-0.05, 0) is 41.8 Å². The lowest BCUT2D eigenvalue weighted by Gasteiger charge is -2.21. The molecular weight excluding hydrogens is 390 g/mol. The van der Waals surface area contributed by atoms with Crippen LogP contribution in [0, 0.1) is 5.92 Å². The second-order valence-corrected chi connectivity index (χ2v) is 9.00. The average Bonchev–Trinajstić information content (AvgIpc) is 3.06. The van der Waals surface area contributed by atoms with Gasteiger partial charge in [-0.3, -0.25) is 4.79 Å². The summed E-state index contributed by atoms with van der Waals surface area (Å²) in [6, 6.07) is 15.0. The Kier molecular flexibility index (Phi) is 6.59. The Hall–Kier alpha value is -2.80. The molecule has 0 aromatic heterocycles. The molecule has 0 saturated carbocycles. The van der Waals surface area contributed by atoms with Crippen molar-refractivity contribution in [2.24, 2.45) is 5.92 Å². The fourth-order valence-corrected chi connectivity index (χ4v) is 4.74. The van der Waals surface area contributed by atoms with E-state index >= 15 is 0 Å². The molecular formula is C22H25NO5S. The molecule has 1 N–H and O–H groups in total. The molecule has 1 aliphatic rings. The average molecular weight is 416 g/mol. The molecule has 0 saturated heterocycles. The number of nitrogens with one attached hydrogen (secondary N) is 1. The molecule has 154 valence electrons. The first-order valence-corrected chi connectivity index (χ1v) is 11.1. The summed E-state index contributed by atoms with van der Waals surface area (Å²) in [6.45, 7) is 0. The normalized spacial score (nSPS) is 18.2. The highest BCUT2D eigenvalue weighted by Gasteiger charge is 2.25. The molecule has 0 unspecified atom stereocenters. The van der Waals surface area contributed by atoms with Crippen molar-refractivity contribution in [1.29, 1.82) is 0 Å². The number of carbonyl (C=O) groups is 1. The summed E-state index contributed by atoms with van der Waals surface area (Å²) in [4.78, 5) is 12.6. The van der Waals surface area contributed by atoms with Crippen molar-refractivity contribution in [2.45, 2.75) is 18.9 Å². The first-order chi connectivity index (χ1) is 13.9. The minimum Gasteiger partial charge on any atom is -0.497 e. The number of hydrogen-bond donors (Lipinski definition) is 1. The largest absolute Gasteiger partial charge is 0.497 e. The van der Waals surface area contributed by atoms with Gasteiger partial charge in [0.1, 0.15) is 11.5 Å². The zero-order chi connectivity index (χ0) is 20.9. The van der Waals surface area contributed by atoms with E-state index in [2.05, 4.69) is 5.32 Å². The predicted molar refractivity (Wildman–Crippen MR) is 112 cm³/mol. The van der Waals surface area contributed by atoms with Crippen LogP contribution in [0.2, 0.25) is 0 Å². The summed E-state index contributed by atoms with van der Waals surface area (Å²) in [7, 11) is 0.0531. The number of ether oxygens (including phenoxy) is 2. The molecule has 2 aromatic carbocycles. The van der Waals surface area contributed by atoms with Gasteiger partial charge in [-0.15, -0.1) is 0 Å². The van der Waals surface area contributed by atoms with Gasteiger partial charge in [0.15, 0.2) is 9.84 Å². The fraction of sp³-hybridized carbons (Fsp3) is 0.318. The van der Waals surface area contributed by atoms with Crippen LogP contribution in [-0.4, -0.2) is 34.3 Å². The Bertz CT molecular complexity index is 965. The summed E-state index contributed by atoms with van der Waals surface area (Å²) < 4.78 is 33.6. The van der Waals surface area contributed by atoms with E-state index in [1.165, 1.54) is 5.41 Å². The van der Waals surface area contributed by atoms with Crippen LogP contribution in [0.3, 0.4) is 0 Å². The minimum absolute atomic E-state index is 0.00783. The number of benzene rings is 2. The van der Waals surface area contributed by atoms with Crippen LogP contribution in [0.25, 0.3) is 0 Å². The van der Waals surface area contributed by atoms with E-state index in [0.29, 0.717) is 6.42 Å². The number of rotatable bonds is 8. The molecule has 0 aliphatic carbocycles. The maximum Gasteiger partial charge on any atom is 0.221 e. The molecule has 1 heterocycles. The molecule has 2 atom stereocenters. The van der Waals surface area contributed by atoms with E-state index in [4.69, 9.17) is 9.47 Å². The highest BCUT2D eigenvalue weighted by atomic mass is 32.2. The number of amides is 1. The molecule has 2 aromatic rings. The molecule has 0 fully saturated rings. The summed E-state index contributed by atoms with van der Waals surface area (Å²) in [6.07, 6.45) is 2.34. The van der Waals surface area contributed by atoms with Gasteiger partial charge in [0.05, 0.1) is 26.0 Å². The number of methoxy groups -OCH3 is 2. The van der Waals surface area contributed by atoms with Crippen LogP contribution in [0.4, 0.5) is 0 Å². The van der Waals surface area contributed by atoms with E-state index in [9.17, 15) is 13.2 Å². The zero-order valence-corrected chi connectivity index (χ0v) is 17.3. The number of hydrogen-bond acceptors (Lipinski definition) is 5. The lowest BCUT2D eigenvalue weighted by Crippen LogP contribution is -2.31. The molecule has 3 rings (SSSR count). The van der Waals surface area contributed by atoms with Crippen molar-refractivity contribution in [2.75, 3.05) is 20.0 Å². The maximum atomic E-state index is 12.6. The molecule has 1 amide bonds. The summed E-state index contributed by atoms with van der Waals surface area (Å²) in [5.74, 6) is 1.05. The highest BCUT2D eigenvalue weighted by molar-refractivity contribution is 7.94. The van der Waals surface area contributed by atoms with Crippen LogP contribution >= 0.6 is 0 Å². The number of sulfone groups is 1. The summed E-state index contributed by atoms with van der Waals surface area (Å²) in [5, 5.41) is 4.26. The van der Waals surface area contributed by atoms with Gasteiger partial charge in [-0.25, -0.2) is 8.42 Å². The Balaban J connectivity index is 1.74. The zero-order valence-electron chi connectivity index (χ0n) is 16.5. The van der Waals surface area contributed by atoms with Gasteiger partial charge in [0, 0.05) is 17.7 Å². The Morgan fingerprint density at radius 2 is 1.62 bits per heavy atom. The standard InChI is InChI=1S/C22H25NO5S/c1-27-19-7-3-16(4-8-19)13-21(18-5-9-20(28-2)10-6-18)23-22(24)14-17-11-12-29(25,26)15-17/h3-12,17,21H,13-15H2,1-2H3,(H,23,24)/t17-,21+/m1/s1. The van der Waals surface area contributed by atoms with E-state index in [0.717, 1.165) is 22.6 Å². The van der Waals surface area contributed by atoms with Crippen molar-refractivity contribution < 1.29 is 22.7 Å². The third-order valence-electron chi connectivity index (χ3n) is 4.90. The monoisotopic (exact) mass is 415 g/mol. The molecule has 0 radical (unpaired) electrons. The second-order valence-electron chi connectivity index (χ2n) is 7.07. The lowest BCUT2D eigenvalue weighted by atomic mass is 9.98. The topological polar surface area (TPSA) is 81.7 Å². The molecule has 29 heavy (non-hydrogen) atoms. The molecule has 0 bridgehead atoms. The maximum absolute atomic E-state index is 12.6. The van der Waals surface area contributed by atoms with Crippen molar-refractivity contribution in [3.63, 3.8) is 0 Å². The number of carbonyl (C=O) groups excluding carboxylic acids is 1. The first-order valence-electron chi connectivity index (χ1n) is 9.36. The summed E-state index contributed by atoms with van der Waals surface area (Å²) in [5.41, 5.74) is 2.00. The van der Waals surface area contributed by atoms with Crippen LogP contribution < -0.4 is 14.8 Å². The quantitative estimate of drug-likeness (QED) is 0.717. The van der Waals surface area contributed by atoms with E-state index in [-0.39, 0.29) is 30.0 Å². The second kappa shape index (κ2) is 9.13. The smallest absolute Gasteiger partial charge is 0.221 e. The third kappa shape index (κ3) is 5.84. The van der Waals surface area contributed by atoms with Gasteiger partial charge in [0.25, 0.3) is 0 Å². The van der Waals surface area contributed by atoms with E-state index in [1.54, 1.807) is 20.3 Å². The van der Waals surface area contributed by atoms with Gasteiger partial charge in [-0.2, -0.15) is 0 Å². The molecule has 6 nitrogen and oxygen atoms in total. The van der Waals surface area contributed by atoms with Crippen molar-refractivity contribution in [3.05, 3.63) is 71.1 Å². The van der Waals surface area contributed by atoms with Gasteiger partial charge >= 0.3 is 0 Å². The molecule has 0 spiro atoms. The van der Waals surface area contributed by atoms with Gasteiger partial charge in [0.2, 0.25) is 5.91 Å². The molecule has 1 aliphatic heterocycles.